The predicted molar refractivity (Wildman–Crippen MR) is 85.1 cm³/mol. The van der Waals surface area contributed by atoms with Gasteiger partial charge in [0.05, 0.1) is 23.2 Å². The Morgan fingerprint density at radius 1 is 1.12 bits per heavy atom. The summed E-state index contributed by atoms with van der Waals surface area (Å²) in [5.41, 5.74) is -0.800. The fraction of sp³-hybridized carbons (Fsp3) is 0.438. The fourth-order valence-electron chi connectivity index (χ4n) is 2.54. The Bertz CT molecular complexity index is 710. The molecule has 1 amide bonds. The van der Waals surface area contributed by atoms with Crippen molar-refractivity contribution in [2.75, 3.05) is 20.2 Å². The van der Waals surface area contributed by atoms with E-state index in [1.165, 1.54) is 6.92 Å². The Balaban J connectivity index is 2.19. The number of amides is 1. The van der Waals surface area contributed by atoms with Crippen molar-refractivity contribution in [3.63, 3.8) is 0 Å². The van der Waals surface area contributed by atoms with E-state index in [9.17, 15) is 24.5 Å². The largest absolute Gasteiger partial charge is 0.465 e. The van der Waals surface area contributed by atoms with Crippen molar-refractivity contribution in [1.82, 2.24) is 4.90 Å². The Kier molecular flexibility index (Phi) is 5.68. The van der Waals surface area contributed by atoms with Crippen molar-refractivity contribution < 1.29 is 28.8 Å². The van der Waals surface area contributed by atoms with Gasteiger partial charge in [-0.15, -0.1) is 0 Å². The molecule has 0 unspecified atom stereocenters. The lowest BCUT2D eigenvalue weighted by Crippen LogP contribution is -2.38. The number of carbonyl (C=O) groups is 3. The third kappa shape index (κ3) is 4.31. The molecule has 0 radical (unpaired) electrons. The Hall–Kier alpha value is -2.97. The average molecular weight is 350 g/mol. The zero-order chi connectivity index (χ0) is 18.6. The van der Waals surface area contributed by atoms with Gasteiger partial charge in [0, 0.05) is 25.2 Å². The minimum absolute atomic E-state index is 0.151. The number of rotatable bonds is 5. The second kappa shape index (κ2) is 7.73. The molecule has 0 saturated carbocycles. The monoisotopic (exact) mass is 350 g/mol. The van der Waals surface area contributed by atoms with Crippen LogP contribution in [0.2, 0.25) is 0 Å². The number of carbonyl (C=O) groups excluding carboxylic acids is 3. The average Bonchev–Trinajstić information content (AvgIpc) is 3.14. The Morgan fingerprint density at radius 2 is 1.68 bits per heavy atom. The first kappa shape index (κ1) is 18.4. The number of benzene rings is 1. The van der Waals surface area contributed by atoms with Crippen molar-refractivity contribution >= 4 is 23.5 Å². The number of nitrogens with zero attached hydrogens (tertiary/aromatic N) is 2. The van der Waals surface area contributed by atoms with E-state index >= 15 is 0 Å². The first-order valence-electron chi connectivity index (χ1n) is 7.71. The molecule has 9 nitrogen and oxygen atoms in total. The zero-order valence-corrected chi connectivity index (χ0v) is 13.9. The van der Waals surface area contributed by atoms with Crippen LogP contribution in [0.15, 0.2) is 18.2 Å². The van der Waals surface area contributed by atoms with E-state index in [-0.39, 0.29) is 17.0 Å². The number of hydrogen-bond acceptors (Lipinski definition) is 7. The molecule has 9 heteroatoms. The lowest BCUT2D eigenvalue weighted by Gasteiger charge is -2.20. The Labute approximate surface area is 143 Å². The van der Waals surface area contributed by atoms with Gasteiger partial charge in [0.1, 0.15) is 0 Å². The van der Waals surface area contributed by atoms with Crippen molar-refractivity contribution in [2.45, 2.75) is 25.9 Å². The number of nitro benzene ring substituents is 1. The van der Waals surface area contributed by atoms with Crippen molar-refractivity contribution in [1.29, 1.82) is 0 Å². The molecule has 0 aromatic heterocycles. The summed E-state index contributed by atoms with van der Waals surface area (Å²) in [5, 5.41) is 11.0. The highest BCUT2D eigenvalue weighted by Gasteiger charge is 2.27. The van der Waals surface area contributed by atoms with Crippen LogP contribution in [0, 0.1) is 10.1 Å². The molecule has 2 rings (SSSR count). The molecule has 1 aliphatic heterocycles. The van der Waals surface area contributed by atoms with Crippen LogP contribution in [0.4, 0.5) is 5.69 Å². The molecule has 1 aromatic carbocycles. The molecule has 1 atom stereocenters. The summed E-state index contributed by atoms with van der Waals surface area (Å²) >= 11 is 0. The van der Waals surface area contributed by atoms with Crippen LogP contribution < -0.4 is 0 Å². The van der Waals surface area contributed by atoms with Gasteiger partial charge in [-0.2, -0.15) is 0 Å². The standard InChI is InChI=1S/C16H18N2O7/c1-10(14(19)17-5-3-4-6-17)25-16(21)12-7-11(15(20)24-2)8-13(9-12)18(22)23/h7-10H,3-6H2,1-2H3/t10-/m0/s1. The molecule has 134 valence electrons. The van der Waals surface area contributed by atoms with Gasteiger partial charge in [-0.3, -0.25) is 14.9 Å². The quantitative estimate of drug-likeness (QED) is 0.449. The first-order valence-corrected chi connectivity index (χ1v) is 7.71. The van der Waals surface area contributed by atoms with E-state index in [0.29, 0.717) is 13.1 Å². The van der Waals surface area contributed by atoms with Crippen LogP contribution in [0.3, 0.4) is 0 Å². The summed E-state index contributed by atoms with van der Waals surface area (Å²) in [6, 6.07) is 3.12. The topological polar surface area (TPSA) is 116 Å². The maximum absolute atomic E-state index is 12.2. The van der Waals surface area contributed by atoms with Crippen molar-refractivity contribution in [3.05, 3.63) is 39.4 Å². The number of likely N-dealkylation sites (tertiary alicyclic amines) is 1. The number of esters is 2. The highest BCUT2D eigenvalue weighted by atomic mass is 16.6. The maximum atomic E-state index is 12.2. The van der Waals surface area contributed by atoms with Gasteiger partial charge < -0.3 is 14.4 Å². The lowest BCUT2D eigenvalue weighted by molar-refractivity contribution is -0.384. The second-order valence-electron chi connectivity index (χ2n) is 5.60. The number of hydrogen-bond donors (Lipinski definition) is 0. The third-order valence-electron chi connectivity index (χ3n) is 3.83. The van der Waals surface area contributed by atoms with E-state index in [0.717, 1.165) is 38.2 Å². The summed E-state index contributed by atoms with van der Waals surface area (Å²) in [7, 11) is 1.12. The van der Waals surface area contributed by atoms with Crippen LogP contribution in [-0.4, -0.2) is 54.0 Å². The van der Waals surface area contributed by atoms with Crippen molar-refractivity contribution in [2.24, 2.45) is 0 Å². The number of non-ortho nitro benzene ring substituents is 1. The number of nitro groups is 1. The minimum atomic E-state index is -1.02. The molecule has 25 heavy (non-hydrogen) atoms. The molecule has 0 spiro atoms. The second-order valence-corrected chi connectivity index (χ2v) is 5.60. The van der Waals surface area contributed by atoms with Crippen LogP contribution in [0.25, 0.3) is 0 Å². The first-order chi connectivity index (χ1) is 11.8. The van der Waals surface area contributed by atoms with Gasteiger partial charge in [0.2, 0.25) is 0 Å². The summed E-state index contributed by atoms with van der Waals surface area (Å²) in [6.45, 7) is 2.67. The van der Waals surface area contributed by atoms with Gasteiger partial charge >= 0.3 is 11.9 Å². The Morgan fingerprint density at radius 3 is 2.20 bits per heavy atom. The summed E-state index contributed by atoms with van der Waals surface area (Å²) in [5.74, 6) is -2.06. The smallest absolute Gasteiger partial charge is 0.339 e. The van der Waals surface area contributed by atoms with Crippen molar-refractivity contribution in [3.8, 4) is 0 Å². The van der Waals surface area contributed by atoms with Gasteiger partial charge in [-0.1, -0.05) is 0 Å². The van der Waals surface area contributed by atoms with Crippen LogP contribution in [0.1, 0.15) is 40.5 Å². The van der Waals surface area contributed by atoms with Gasteiger partial charge in [-0.25, -0.2) is 9.59 Å². The van der Waals surface area contributed by atoms with Crippen LogP contribution in [-0.2, 0) is 14.3 Å². The highest BCUT2D eigenvalue weighted by molar-refractivity contribution is 5.97. The molecule has 1 fully saturated rings. The normalized spacial score (nSPS) is 14.7. The third-order valence-corrected chi connectivity index (χ3v) is 3.83. The molecule has 1 aliphatic rings. The van der Waals surface area contributed by atoms with E-state index in [1.54, 1.807) is 4.90 Å². The summed E-state index contributed by atoms with van der Waals surface area (Å²) in [6.07, 6.45) is 0.783. The molecule has 0 N–H and O–H groups in total. The molecule has 1 saturated heterocycles. The fourth-order valence-corrected chi connectivity index (χ4v) is 2.54. The highest BCUT2D eigenvalue weighted by Crippen LogP contribution is 2.20. The van der Waals surface area contributed by atoms with Gasteiger partial charge in [0.15, 0.2) is 6.10 Å². The molecule has 0 bridgehead atoms. The lowest BCUT2D eigenvalue weighted by atomic mass is 10.1. The minimum Gasteiger partial charge on any atom is -0.465 e. The molecular formula is C16H18N2O7. The van der Waals surface area contributed by atoms with Crippen LogP contribution >= 0.6 is 0 Å². The van der Waals surface area contributed by atoms with E-state index in [2.05, 4.69) is 4.74 Å². The van der Waals surface area contributed by atoms with Gasteiger partial charge in [-0.05, 0) is 25.8 Å². The molecule has 1 aromatic rings. The zero-order valence-electron chi connectivity index (χ0n) is 13.9. The van der Waals surface area contributed by atoms with E-state index < -0.39 is 28.7 Å². The SMILES string of the molecule is COC(=O)c1cc(C(=O)O[C@@H](C)C(=O)N2CCCC2)cc([N+](=O)[O-])c1. The van der Waals surface area contributed by atoms with E-state index in [4.69, 9.17) is 4.74 Å². The summed E-state index contributed by atoms with van der Waals surface area (Å²) in [4.78, 5) is 47.9. The van der Waals surface area contributed by atoms with Crippen LogP contribution in [0.5, 0.6) is 0 Å². The predicted octanol–water partition coefficient (Wildman–Crippen LogP) is 1.55. The van der Waals surface area contributed by atoms with E-state index in [1.807, 2.05) is 0 Å². The summed E-state index contributed by atoms with van der Waals surface area (Å²) < 4.78 is 9.63. The number of methoxy groups -OCH3 is 1. The maximum Gasteiger partial charge on any atom is 0.339 e. The van der Waals surface area contributed by atoms with Gasteiger partial charge in [0.25, 0.3) is 11.6 Å². The molecule has 0 aliphatic carbocycles. The molecule has 1 heterocycles. The molecular weight excluding hydrogens is 332 g/mol. The number of ether oxygens (including phenoxy) is 2.